The molecule has 1 amide bonds. The third-order valence-corrected chi connectivity index (χ3v) is 9.87. The number of carbonyl (C=O) groups excluding carboxylic acids is 1. The first-order valence-corrected chi connectivity index (χ1v) is 15.0. The molecule has 2 aliphatic heterocycles. The van der Waals surface area contributed by atoms with E-state index in [-0.39, 0.29) is 36.4 Å². The predicted octanol–water partition coefficient (Wildman–Crippen LogP) is 4.23. The summed E-state index contributed by atoms with van der Waals surface area (Å²) in [5.74, 6) is -0.175. The van der Waals surface area contributed by atoms with Crippen LogP contribution < -0.4 is 4.90 Å². The molecule has 202 valence electrons. The summed E-state index contributed by atoms with van der Waals surface area (Å²) >= 11 is 15.9. The van der Waals surface area contributed by atoms with E-state index in [1.165, 1.54) is 20.0 Å². The lowest BCUT2D eigenvalue weighted by Gasteiger charge is -2.35. The number of sulfonamides is 1. The van der Waals surface area contributed by atoms with Gasteiger partial charge in [-0.1, -0.05) is 51.3 Å². The second-order valence-corrected chi connectivity index (χ2v) is 13.3. The number of imidazole rings is 1. The van der Waals surface area contributed by atoms with Crippen LogP contribution in [0.15, 0.2) is 58.2 Å². The highest BCUT2D eigenvalue weighted by atomic mass is 79.9. The molecule has 2 aromatic carbocycles. The number of nitrogens with zero attached hydrogens (tertiary/aromatic N) is 5. The smallest absolute Gasteiger partial charge is 0.260 e. The van der Waals surface area contributed by atoms with E-state index < -0.39 is 21.8 Å². The van der Waals surface area contributed by atoms with Crippen LogP contribution in [0.3, 0.4) is 0 Å². The summed E-state index contributed by atoms with van der Waals surface area (Å²) in [5.41, 5.74) is -0.0601. The number of benzene rings is 2. The molecule has 1 aromatic heterocycles. The molecule has 5 rings (SSSR count). The van der Waals surface area contributed by atoms with E-state index in [0.717, 1.165) is 10.0 Å². The van der Waals surface area contributed by atoms with Crippen LogP contribution in [-0.4, -0.2) is 70.6 Å². The van der Waals surface area contributed by atoms with Crippen LogP contribution in [-0.2, 0) is 26.8 Å². The Labute approximate surface area is 239 Å². The summed E-state index contributed by atoms with van der Waals surface area (Å²) in [6.45, 7) is 4.57. The van der Waals surface area contributed by atoms with Gasteiger partial charge in [0.05, 0.1) is 11.9 Å². The molecule has 3 aromatic rings. The molecule has 1 N–H and O–H groups in total. The summed E-state index contributed by atoms with van der Waals surface area (Å²) in [5, 5.41) is 10.5. The normalized spacial score (nSPS) is 21.6. The van der Waals surface area contributed by atoms with Gasteiger partial charge in [0, 0.05) is 47.1 Å². The van der Waals surface area contributed by atoms with Crippen molar-refractivity contribution >= 4 is 66.7 Å². The minimum Gasteiger partial charge on any atom is -0.379 e. The molecule has 1 fully saturated rings. The Kier molecular flexibility index (Phi) is 7.40. The van der Waals surface area contributed by atoms with Crippen molar-refractivity contribution in [2.24, 2.45) is 0 Å². The zero-order valence-electron chi connectivity index (χ0n) is 20.7. The zero-order chi connectivity index (χ0) is 27.4. The molecule has 0 bridgehead atoms. The maximum atomic E-state index is 14.1. The van der Waals surface area contributed by atoms with E-state index in [4.69, 9.17) is 23.2 Å². The highest BCUT2D eigenvalue weighted by Crippen LogP contribution is 2.45. The average Bonchev–Trinajstić information content (AvgIpc) is 3.39. The number of halogens is 3. The Morgan fingerprint density at radius 1 is 1.08 bits per heavy atom. The number of carbonyl (C=O) groups is 1. The zero-order valence-corrected chi connectivity index (χ0v) is 24.6. The lowest BCUT2D eigenvalue weighted by molar-refractivity contribution is -0.124. The van der Waals surface area contributed by atoms with Crippen molar-refractivity contribution in [1.29, 1.82) is 0 Å². The fraction of sp³-hybridized carbons (Fsp3) is 0.360. The number of rotatable bonds is 6. The second kappa shape index (κ2) is 10.2. The number of aliphatic hydroxyl groups excluding tert-OH is 1. The van der Waals surface area contributed by atoms with Gasteiger partial charge in [0.2, 0.25) is 5.95 Å². The fourth-order valence-corrected chi connectivity index (χ4v) is 7.45. The maximum absolute atomic E-state index is 14.1. The largest absolute Gasteiger partial charge is 0.379 e. The number of hydrogen-bond donors (Lipinski definition) is 1. The molecule has 2 aliphatic rings. The molecule has 9 nitrogen and oxygen atoms in total. The van der Waals surface area contributed by atoms with Crippen molar-refractivity contribution < 1.29 is 18.3 Å². The van der Waals surface area contributed by atoms with Crippen LogP contribution in [0.25, 0.3) is 0 Å². The number of anilines is 2. The SMILES string of the molecule is CC(O)N1CCN(S(=O)(=O)c2cnc3n2[C@](C)(Cc2ccc(Br)cc2)C(=O)N3c2cc(Cl)cc(Cl)c2)CC1. The quantitative estimate of drug-likeness (QED) is 0.432. The Morgan fingerprint density at radius 3 is 2.26 bits per heavy atom. The van der Waals surface area contributed by atoms with Crippen LogP contribution in [0.1, 0.15) is 19.4 Å². The van der Waals surface area contributed by atoms with Crippen molar-refractivity contribution in [3.05, 3.63) is 68.7 Å². The Hall–Kier alpha value is -1.99. The van der Waals surface area contributed by atoms with E-state index >= 15 is 0 Å². The van der Waals surface area contributed by atoms with Crippen molar-refractivity contribution in [2.45, 2.75) is 37.1 Å². The molecular weight excluding hydrogens is 617 g/mol. The number of piperazine rings is 1. The topological polar surface area (TPSA) is 99.0 Å². The molecule has 0 saturated carbocycles. The summed E-state index contributed by atoms with van der Waals surface area (Å²) in [7, 11) is -4.02. The van der Waals surface area contributed by atoms with E-state index in [0.29, 0.717) is 28.8 Å². The van der Waals surface area contributed by atoms with Crippen molar-refractivity contribution in [3.8, 4) is 0 Å². The average molecular weight is 643 g/mol. The Balaban J connectivity index is 1.62. The van der Waals surface area contributed by atoms with Crippen molar-refractivity contribution in [1.82, 2.24) is 18.8 Å². The molecule has 1 saturated heterocycles. The van der Waals surface area contributed by atoms with Gasteiger partial charge in [0.25, 0.3) is 15.9 Å². The second-order valence-electron chi connectivity index (χ2n) is 9.65. The number of amides is 1. The molecule has 13 heteroatoms. The highest BCUT2D eigenvalue weighted by molar-refractivity contribution is 9.10. The Bertz CT molecular complexity index is 1470. The molecule has 38 heavy (non-hydrogen) atoms. The molecule has 0 aliphatic carbocycles. The molecule has 3 heterocycles. The molecule has 0 spiro atoms. The van der Waals surface area contributed by atoms with E-state index in [1.54, 1.807) is 36.9 Å². The van der Waals surface area contributed by atoms with E-state index in [1.807, 2.05) is 24.3 Å². The molecule has 1 unspecified atom stereocenters. The minimum absolute atomic E-state index is 0.0680. The lowest BCUT2D eigenvalue weighted by atomic mass is 9.92. The van der Waals surface area contributed by atoms with Gasteiger partial charge in [-0.3, -0.25) is 14.3 Å². The van der Waals surface area contributed by atoms with Gasteiger partial charge in [-0.15, -0.1) is 0 Å². The highest BCUT2D eigenvalue weighted by Gasteiger charge is 2.52. The monoisotopic (exact) mass is 641 g/mol. The van der Waals surface area contributed by atoms with E-state index in [2.05, 4.69) is 20.9 Å². The van der Waals surface area contributed by atoms with Crippen LogP contribution in [0.4, 0.5) is 11.6 Å². The third-order valence-electron chi connectivity index (χ3n) is 7.04. The first kappa shape index (κ1) is 27.6. The summed E-state index contributed by atoms with van der Waals surface area (Å²) < 4.78 is 31.6. The van der Waals surface area contributed by atoms with Gasteiger partial charge < -0.3 is 5.11 Å². The lowest BCUT2D eigenvalue weighted by Crippen LogP contribution is -2.51. The first-order valence-electron chi connectivity index (χ1n) is 12.0. The standard InChI is InChI=1S/C25H26BrCl2N5O4S/c1-16(34)30-7-9-31(10-8-30)38(36,37)22-15-29-24-32(21-12-19(27)11-20(28)13-21)23(35)25(2,33(22)24)14-17-3-5-18(26)6-4-17/h3-6,11-13,15-16,34H,7-10,14H2,1-2H3/t16?,25-/m1/s1. The van der Waals surface area contributed by atoms with Gasteiger partial charge in [-0.2, -0.15) is 4.31 Å². The molecule has 2 atom stereocenters. The van der Waals surface area contributed by atoms with Gasteiger partial charge in [0.1, 0.15) is 11.8 Å². The van der Waals surface area contributed by atoms with Gasteiger partial charge in [-0.05, 0) is 49.7 Å². The van der Waals surface area contributed by atoms with Crippen LogP contribution >= 0.6 is 39.1 Å². The number of aromatic nitrogens is 2. The number of fused-ring (bicyclic) bond motifs is 1. The first-order chi connectivity index (χ1) is 17.9. The summed E-state index contributed by atoms with van der Waals surface area (Å²) in [6.07, 6.45) is 0.867. The van der Waals surface area contributed by atoms with Crippen molar-refractivity contribution in [2.75, 3.05) is 31.1 Å². The Morgan fingerprint density at radius 2 is 1.68 bits per heavy atom. The minimum atomic E-state index is -4.02. The van der Waals surface area contributed by atoms with Gasteiger partial charge >= 0.3 is 0 Å². The van der Waals surface area contributed by atoms with Gasteiger partial charge in [0.15, 0.2) is 5.03 Å². The molecule has 0 radical (unpaired) electrons. The number of aliphatic hydroxyl groups is 1. The third kappa shape index (κ3) is 4.78. The fourth-order valence-electron chi connectivity index (χ4n) is 5.06. The van der Waals surface area contributed by atoms with E-state index in [9.17, 15) is 18.3 Å². The summed E-state index contributed by atoms with van der Waals surface area (Å²) in [4.78, 5) is 21.8. The van der Waals surface area contributed by atoms with Crippen molar-refractivity contribution in [3.63, 3.8) is 0 Å². The van der Waals surface area contributed by atoms with Crippen LogP contribution in [0.5, 0.6) is 0 Å². The summed E-state index contributed by atoms with van der Waals surface area (Å²) in [6, 6.07) is 12.3. The van der Waals surface area contributed by atoms with Crippen LogP contribution in [0.2, 0.25) is 10.0 Å². The van der Waals surface area contributed by atoms with Crippen LogP contribution in [0, 0.1) is 0 Å². The number of hydrogen-bond acceptors (Lipinski definition) is 6. The molecular formula is C25H26BrCl2N5O4S. The maximum Gasteiger partial charge on any atom is 0.260 e. The predicted molar refractivity (Wildman–Crippen MR) is 149 cm³/mol. The van der Waals surface area contributed by atoms with Gasteiger partial charge in [-0.25, -0.2) is 18.3 Å².